The number of carbonyl (C=O) groups is 1. The van der Waals surface area contributed by atoms with Crippen LogP contribution in [0.15, 0.2) is 18.2 Å². The van der Waals surface area contributed by atoms with Gasteiger partial charge < -0.3 is 15.4 Å². The molecule has 0 spiro atoms. The molecule has 4 heteroatoms. The summed E-state index contributed by atoms with van der Waals surface area (Å²) in [7, 11) is 1.68. The summed E-state index contributed by atoms with van der Waals surface area (Å²) >= 11 is 0. The molecule has 1 aromatic rings. The van der Waals surface area contributed by atoms with Gasteiger partial charge >= 0.3 is 0 Å². The Labute approximate surface area is 126 Å². The molecule has 0 atom stereocenters. The van der Waals surface area contributed by atoms with Crippen LogP contribution in [0.25, 0.3) is 0 Å². The molecular weight excluding hydrogens is 264 g/mol. The number of hydrogen-bond acceptors (Lipinski definition) is 3. The summed E-state index contributed by atoms with van der Waals surface area (Å²) in [5.41, 5.74) is 7.91. The number of benzene rings is 1. The number of fused-ring (bicyclic) bond motifs is 1. The van der Waals surface area contributed by atoms with Crippen LogP contribution in [0.1, 0.15) is 37.7 Å². The average Bonchev–Trinajstić information content (AvgIpc) is 3.03. The molecule has 1 saturated carbocycles. The zero-order valence-electron chi connectivity index (χ0n) is 12.7. The molecule has 2 aliphatic rings. The lowest BCUT2D eigenvalue weighted by Gasteiger charge is -2.37. The fourth-order valence-electron chi connectivity index (χ4n) is 3.75. The number of carbonyl (C=O) groups excluding carboxylic acids is 1. The molecule has 1 aliphatic carbocycles. The minimum Gasteiger partial charge on any atom is -0.497 e. The van der Waals surface area contributed by atoms with E-state index in [0.29, 0.717) is 6.54 Å². The maximum Gasteiger partial charge on any atom is 0.234 e. The van der Waals surface area contributed by atoms with E-state index in [0.717, 1.165) is 56.5 Å². The van der Waals surface area contributed by atoms with Crippen LogP contribution < -0.4 is 15.4 Å². The minimum absolute atomic E-state index is 0.230. The fourth-order valence-corrected chi connectivity index (χ4v) is 3.75. The molecule has 3 rings (SSSR count). The zero-order chi connectivity index (χ0) is 14.9. The van der Waals surface area contributed by atoms with E-state index in [1.165, 1.54) is 5.56 Å². The molecule has 1 heterocycles. The Morgan fingerprint density at radius 1 is 1.33 bits per heavy atom. The Hall–Kier alpha value is -1.55. The molecule has 114 valence electrons. The number of rotatable bonds is 3. The Morgan fingerprint density at radius 3 is 2.76 bits per heavy atom. The number of nitrogens with zero attached hydrogens (tertiary/aromatic N) is 1. The van der Waals surface area contributed by atoms with Crippen LogP contribution >= 0.6 is 0 Å². The first kappa shape index (κ1) is 14.4. The number of anilines is 1. The quantitative estimate of drug-likeness (QED) is 0.929. The molecule has 4 nitrogen and oxygen atoms in total. The van der Waals surface area contributed by atoms with Crippen LogP contribution in [0, 0.1) is 5.41 Å². The van der Waals surface area contributed by atoms with Gasteiger partial charge in [0.2, 0.25) is 5.91 Å². The van der Waals surface area contributed by atoms with Gasteiger partial charge in [0.15, 0.2) is 0 Å². The highest BCUT2D eigenvalue weighted by atomic mass is 16.5. The topological polar surface area (TPSA) is 55.6 Å². The SMILES string of the molecule is COc1ccc2c(c1)CCCN2C(=O)C1(CN)CCCC1. The van der Waals surface area contributed by atoms with E-state index in [1.54, 1.807) is 7.11 Å². The highest BCUT2D eigenvalue weighted by Gasteiger charge is 2.43. The molecule has 1 fully saturated rings. The lowest BCUT2D eigenvalue weighted by atomic mass is 9.83. The van der Waals surface area contributed by atoms with Crippen molar-refractivity contribution in [3.8, 4) is 5.75 Å². The van der Waals surface area contributed by atoms with Crippen molar-refractivity contribution >= 4 is 11.6 Å². The molecule has 1 aliphatic heterocycles. The molecule has 1 aromatic carbocycles. The number of aryl methyl sites for hydroxylation is 1. The van der Waals surface area contributed by atoms with E-state index in [-0.39, 0.29) is 11.3 Å². The summed E-state index contributed by atoms with van der Waals surface area (Å²) in [6.07, 6.45) is 6.12. The maximum atomic E-state index is 13.1. The molecule has 21 heavy (non-hydrogen) atoms. The van der Waals surface area contributed by atoms with Gasteiger partial charge in [0, 0.05) is 18.8 Å². The van der Waals surface area contributed by atoms with Crippen molar-refractivity contribution in [3.63, 3.8) is 0 Å². The van der Waals surface area contributed by atoms with Gasteiger partial charge in [-0.3, -0.25) is 4.79 Å². The lowest BCUT2D eigenvalue weighted by Crippen LogP contribution is -2.48. The lowest BCUT2D eigenvalue weighted by molar-refractivity contribution is -0.127. The third kappa shape index (κ3) is 2.42. The molecule has 0 aromatic heterocycles. The van der Waals surface area contributed by atoms with Crippen molar-refractivity contribution in [2.45, 2.75) is 38.5 Å². The monoisotopic (exact) mass is 288 g/mol. The second-order valence-electron chi connectivity index (χ2n) is 6.25. The van der Waals surface area contributed by atoms with Gasteiger partial charge in [-0.25, -0.2) is 0 Å². The molecular formula is C17H24N2O2. The van der Waals surface area contributed by atoms with Gasteiger partial charge in [-0.1, -0.05) is 12.8 Å². The number of hydrogen-bond donors (Lipinski definition) is 1. The van der Waals surface area contributed by atoms with Crippen molar-refractivity contribution in [2.75, 3.05) is 25.1 Å². The first-order valence-corrected chi connectivity index (χ1v) is 7.89. The summed E-state index contributed by atoms with van der Waals surface area (Å²) in [5, 5.41) is 0. The standard InChI is InChI=1S/C17H24N2O2/c1-21-14-6-7-15-13(11-14)5-4-10-19(15)16(20)17(12-18)8-2-3-9-17/h6-7,11H,2-5,8-10,12,18H2,1H3. The third-order valence-electron chi connectivity index (χ3n) is 5.06. The van der Waals surface area contributed by atoms with Crippen LogP contribution in [0.5, 0.6) is 5.75 Å². The number of amides is 1. The normalized spacial score (nSPS) is 20.2. The molecule has 0 bridgehead atoms. The Bertz CT molecular complexity index is 536. The summed E-state index contributed by atoms with van der Waals surface area (Å²) < 4.78 is 5.29. The number of ether oxygens (including phenoxy) is 1. The van der Waals surface area contributed by atoms with Gasteiger partial charge in [0.1, 0.15) is 5.75 Å². The Kier molecular flexibility index (Phi) is 3.89. The fraction of sp³-hybridized carbons (Fsp3) is 0.588. The van der Waals surface area contributed by atoms with Gasteiger partial charge in [-0.15, -0.1) is 0 Å². The van der Waals surface area contributed by atoms with Crippen LogP contribution in [0.3, 0.4) is 0 Å². The smallest absolute Gasteiger partial charge is 0.234 e. The first-order chi connectivity index (χ1) is 10.2. The van der Waals surface area contributed by atoms with Crippen molar-refractivity contribution in [2.24, 2.45) is 11.1 Å². The zero-order valence-corrected chi connectivity index (χ0v) is 12.7. The first-order valence-electron chi connectivity index (χ1n) is 7.89. The second kappa shape index (κ2) is 5.68. The predicted octanol–water partition coefficient (Wildman–Crippen LogP) is 2.49. The van der Waals surface area contributed by atoms with Gasteiger partial charge in [-0.05, 0) is 49.4 Å². The number of methoxy groups -OCH3 is 1. The largest absolute Gasteiger partial charge is 0.497 e. The van der Waals surface area contributed by atoms with Gasteiger partial charge in [0.05, 0.1) is 12.5 Å². The molecule has 2 N–H and O–H groups in total. The van der Waals surface area contributed by atoms with E-state index in [1.807, 2.05) is 17.0 Å². The molecule has 0 unspecified atom stereocenters. The van der Waals surface area contributed by atoms with Gasteiger partial charge in [-0.2, -0.15) is 0 Å². The maximum absolute atomic E-state index is 13.1. The van der Waals surface area contributed by atoms with Crippen LogP contribution in [-0.2, 0) is 11.2 Å². The summed E-state index contributed by atoms with van der Waals surface area (Å²) in [6, 6.07) is 6.01. The van der Waals surface area contributed by atoms with E-state index in [2.05, 4.69) is 6.07 Å². The molecule has 1 amide bonds. The van der Waals surface area contributed by atoms with Crippen molar-refractivity contribution in [1.29, 1.82) is 0 Å². The second-order valence-corrected chi connectivity index (χ2v) is 6.25. The third-order valence-corrected chi connectivity index (χ3v) is 5.06. The summed E-state index contributed by atoms with van der Waals surface area (Å²) in [6.45, 7) is 1.27. The van der Waals surface area contributed by atoms with Crippen LogP contribution in [-0.4, -0.2) is 26.1 Å². The number of nitrogens with two attached hydrogens (primary N) is 1. The highest BCUT2D eigenvalue weighted by Crippen LogP contribution is 2.41. The van der Waals surface area contributed by atoms with Crippen molar-refractivity contribution in [3.05, 3.63) is 23.8 Å². The van der Waals surface area contributed by atoms with E-state index in [4.69, 9.17) is 10.5 Å². The van der Waals surface area contributed by atoms with Crippen molar-refractivity contribution < 1.29 is 9.53 Å². The summed E-state index contributed by atoms with van der Waals surface area (Å²) in [4.78, 5) is 15.1. The predicted molar refractivity (Wildman–Crippen MR) is 83.6 cm³/mol. The van der Waals surface area contributed by atoms with Crippen LogP contribution in [0.2, 0.25) is 0 Å². The highest BCUT2D eigenvalue weighted by molar-refractivity contribution is 5.99. The molecule has 0 radical (unpaired) electrons. The summed E-state index contributed by atoms with van der Waals surface area (Å²) in [5.74, 6) is 1.09. The Morgan fingerprint density at radius 2 is 2.10 bits per heavy atom. The average molecular weight is 288 g/mol. The van der Waals surface area contributed by atoms with Gasteiger partial charge in [0.25, 0.3) is 0 Å². The van der Waals surface area contributed by atoms with Crippen LogP contribution in [0.4, 0.5) is 5.69 Å². The molecule has 0 saturated heterocycles. The van der Waals surface area contributed by atoms with E-state index in [9.17, 15) is 4.79 Å². The van der Waals surface area contributed by atoms with Crippen molar-refractivity contribution in [1.82, 2.24) is 0 Å². The van der Waals surface area contributed by atoms with E-state index < -0.39 is 0 Å². The Balaban J connectivity index is 1.92. The van der Waals surface area contributed by atoms with E-state index >= 15 is 0 Å². The minimum atomic E-state index is -0.325.